The number of ether oxygens (including phenoxy) is 1. The fourth-order valence-electron chi connectivity index (χ4n) is 4.71. The molecule has 0 radical (unpaired) electrons. The van der Waals surface area contributed by atoms with Crippen LogP contribution >= 0.6 is 0 Å². The van der Waals surface area contributed by atoms with Gasteiger partial charge in [-0.25, -0.2) is 0 Å². The first-order chi connectivity index (χ1) is 20.2. The molecule has 0 fully saturated rings. The van der Waals surface area contributed by atoms with Gasteiger partial charge in [0.25, 0.3) is 0 Å². The highest BCUT2D eigenvalue weighted by molar-refractivity contribution is 5.88. The van der Waals surface area contributed by atoms with E-state index in [2.05, 4.69) is 16.0 Å². The van der Waals surface area contributed by atoms with E-state index in [0.717, 1.165) is 23.1 Å². The maximum Gasteiger partial charge on any atom is 0.243 e. The quantitative estimate of drug-likeness (QED) is 0.209. The van der Waals surface area contributed by atoms with E-state index in [9.17, 15) is 19.5 Å². The van der Waals surface area contributed by atoms with Gasteiger partial charge in [-0.05, 0) is 54.0 Å². The van der Waals surface area contributed by atoms with Crippen LogP contribution in [0.1, 0.15) is 43.4 Å². The summed E-state index contributed by atoms with van der Waals surface area (Å²) in [6.07, 6.45) is 0.553. The van der Waals surface area contributed by atoms with E-state index in [-0.39, 0.29) is 42.9 Å². The Morgan fingerprint density at radius 3 is 2.10 bits per heavy atom. The van der Waals surface area contributed by atoms with E-state index in [0.29, 0.717) is 18.7 Å². The van der Waals surface area contributed by atoms with Gasteiger partial charge in [-0.1, -0.05) is 86.6 Å². The Morgan fingerprint density at radius 2 is 1.45 bits per heavy atom. The highest BCUT2D eigenvalue weighted by Crippen LogP contribution is 2.15. The maximum absolute atomic E-state index is 13.5. The number of hydrogen-bond acceptors (Lipinski definition) is 5. The molecule has 42 heavy (non-hydrogen) atoms. The van der Waals surface area contributed by atoms with Gasteiger partial charge in [0.05, 0.1) is 25.7 Å². The molecule has 224 valence electrons. The molecule has 3 aromatic rings. The number of hydrogen-bond donors (Lipinski definition) is 4. The van der Waals surface area contributed by atoms with Gasteiger partial charge in [0.1, 0.15) is 11.8 Å². The first-order valence-corrected chi connectivity index (χ1v) is 14.5. The lowest BCUT2D eigenvalue weighted by molar-refractivity contribution is -0.130. The van der Waals surface area contributed by atoms with Crippen molar-refractivity contribution in [1.29, 1.82) is 0 Å². The van der Waals surface area contributed by atoms with Crippen LogP contribution in [0.5, 0.6) is 5.75 Å². The topological polar surface area (TPSA) is 117 Å². The zero-order valence-corrected chi connectivity index (χ0v) is 24.7. The summed E-state index contributed by atoms with van der Waals surface area (Å²) in [5.74, 6) is -0.356. The number of aliphatic hydroxyl groups is 1. The van der Waals surface area contributed by atoms with Gasteiger partial charge >= 0.3 is 0 Å². The van der Waals surface area contributed by atoms with Crippen molar-refractivity contribution in [2.45, 2.75) is 64.1 Å². The molecule has 8 heteroatoms. The zero-order chi connectivity index (χ0) is 30.3. The number of rotatable bonds is 16. The van der Waals surface area contributed by atoms with Crippen molar-refractivity contribution in [2.24, 2.45) is 5.92 Å². The Bertz CT molecular complexity index is 1270. The standard InChI is InChI=1S/C34H43N3O5/c1-24(2)33(37-32(40)23-27-15-10-16-28(21-27)42-3)34(41)36-29(22-26-13-8-5-9-14-26)30(38)17-18-31(39)35-20-19-25-11-6-4-7-12-25/h4-16,21,24,29-30,33,38H,17-20,22-23H2,1-3H3,(H,35,39)(H,36,41)(H,37,40). The second-order valence-corrected chi connectivity index (χ2v) is 10.8. The molecule has 3 rings (SSSR count). The molecule has 0 spiro atoms. The maximum atomic E-state index is 13.5. The summed E-state index contributed by atoms with van der Waals surface area (Å²) < 4.78 is 5.24. The summed E-state index contributed by atoms with van der Waals surface area (Å²) in [6, 6.07) is 25.3. The first kappa shape index (κ1) is 32.3. The van der Waals surface area contributed by atoms with Crippen molar-refractivity contribution in [3.8, 4) is 5.75 Å². The average Bonchev–Trinajstić information content (AvgIpc) is 2.99. The Hall–Kier alpha value is -4.17. The molecule has 8 nitrogen and oxygen atoms in total. The molecule has 3 unspecified atom stereocenters. The van der Waals surface area contributed by atoms with Gasteiger partial charge in [-0.2, -0.15) is 0 Å². The summed E-state index contributed by atoms with van der Waals surface area (Å²) in [4.78, 5) is 38.8. The van der Waals surface area contributed by atoms with E-state index in [4.69, 9.17) is 4.74 Å². The highest BCUT2D eigenvalue weighted by Gasteiger charge is 2.29. The number of methoxy groups -OCH3 is 1. The van der Waals surface area contributed by atoms with Crippen molar-refractivity contribution in [3.63, 3.8) is 0 Å². The molecule has 0 saturated carbocycles. The smallest absolute Gasteiger partial charge is 0.243 e. The lowest BCUT2D eigenvalue weighted by atomic mass is 9.96. The normalized spacial score (nSPS) is 13.1. The largest absolute Gasteiger partial charge is 0.497 e. The lowest BCUT2D eigenvalue weighted by Crippen LogP contribution is -2.55. The van der Waals surface area contributed by atoms with Crippen molar-refractivity contribution >= 4 is 17.7 Å². The monoisotopic (exact) mass is 573 g/mol. The van der Waals surface area contributed by atoms with E-state index in [1.54, 1.807) is 19.2 Å². The molecule has 3 atom stereocenters. The fourth-order valence-corrected chi connectivity index (χ4v) is 4.71. The predicted molar refractivity (Wildman–Crippen MR) is 164 cm³/mol. The van der Waals surface area contributed by atoms with Gasteiger partial charge < -0.3 is 25.8 Å². The van der Waals surface area contributed by atoms with Crippen LogP contribution < -0.4 is 20.7 Å². The van der Waals surface area contributed by atoms with Gasteiger partial charge in [-0.15, -0.1) is 0 Å². The van der Waals surface area contributed by atoms with Crippen LogP contribution in [-0.4, -0.2) is 54.7 Å². The van der Waals surface area contributed by atoms with Crippen LogP contribution in [-0.2, 0) is 33.6 Å². The molecule has 0 aromatic heterocycles. The fraction of sp³-hybridized carbons (Fsp3) is 0.382. The van der Waals surface area contributed by atoms with E-state index < -0.39 is 18.2 Å². The second-order valence-electron chi connectivity index (χ2n) is 10.8. The van der Waals surface area contributed by atoms with E-state index in [1.165, 1.54) is 0 Å². The molecule has 0 aliphatic carbocycles. The number of carbonyl (C=O) groups excluding carboxylic acids is 3. The average molecular weight is 574 g/mol. The third kappa shape index (κ3) is 11.0. The van der Waals surface area contributed by atoms with Crippen LogP contribution in [0.3, 0.4) is 0 Å². The highest BCUT2D eigenvalue weighted by atomic mass is 16.5. The zero-order valence-electron chi connectivity index (χ0n) is 24.7. The van der Waals surface area contributed by atoms with Gasteiger partial charge in [0, 0.05) is 13.0 Å². The van der Waals surface area contributed by atoms with Gasteiger partial charge in [0.15, 0.2) is 0 Å². The molecule has 0 aliphatic rings. The molecule has 0 bridgehead atoms. The van der Waals surface area contributed by atoms with Crippen molar-refractivity contribution in [1.82, 2.24) is 16.0 Å². The number of amides is 3. The third-order valence-electron chi connectivity index (χ3n) is 7.10. The van der Waals surface area contributed by atoms with E-state index in [1.807, 2.05) is 86.6 Å². The third-order valence-corrected chi connectivity index (χ3v) is 7.10. The summed E-state index contributed by atoms with van der Waals surface area (Å²) in [6.45, 7) is 4.23. The minimum absolute atomic E-state index is 0.100. The minimum atomic E-state index is -0.964. The van der Waals surface area contributed by atoms with Crippen molar-refractivity contribution < 1.29 is 24.2 Å². The summed E-state index contributed by atoms with van der Waals surface area (Å²) in [7, 11) is 1.57. The van der Waals surface area contributed by atoms with Crippen LogP contribution in [0.4, 0.5) is 0 Å². The Kier molecular flexibility index (Phi) is 13.0. The molecule has 4 N–H and O–H groups in total. The van der Waals surface area contributed by atoms with Crippen molar-refractivity contribution in [2.75, 3.05) is 13.7 Å². The molecule has 0 aliphatic heterocycles. The van der Waals surface area contributed by atoms with Crippen LogP contribution in [0, 0.1) is 5.92 Å². The van der Waals surface area contributed by atoms with Crippen LogP contribution in [0.2, 0.25) is 0 Å². The van der Waals surface area contributed by atoms with Crippen molar-refractivity contribution in [3.05, 3.63) is 102 Å². The number of nitrogens with one attached hydrogen (secondary N) is 3. The summed E-state index contributed by atoms with van der Waals surface area (Å²) in [5, 5.41) is 19.9. The SMILES string of the molecule is COc1cccc(CC(=O)NC(C(=O)NC(Cc2ccccc2)C(O)CCC(=O)NCCc2ccccc2)C(C)C)c1. The van der Waals surface area contributed by atoms with Gasteiger partial charge in [0.2, 0.25) is 17.7 Å². The Morgan fingerprint density at radius 1 is 0.810 bits per heavy atom. The molecular weight excluding hydrogens is 530 g/mol. The minimum Gasteiger partial charge on any atom is -0.497 e. The number of benzene rings is 3. The Labute approximate surface area is 248 Å². The molecular formula is C34H43N3O5. The predicted octanol–water partition coefficient (Wildman–Crippen LogP) is 3.61. The lowest BCUT2D eigenvalue weighted by Gasteiger charge is -2.28. The van der Waals surface area contributed by atoms with Gasteiger partial charge in [-0.3, -0.25) is 14.4 Å². The number of aliphatic hydroxyl groups excluding tert-OH is 1. The van der Waals surface area contributed by atoms with Crippen LogP contribution in [0.15, 0.2) is 84.9 Å². The number of carbonyl (C=O) groups is 3. The molecule has 0 saturated heterocycles. The Balaban J connectivity index is 1.60. The molecule has 3 aromatic carbocycles. The summed E-state index contributed by atoms with van der Waals surface area (Å²) in [5.41, 5.74) is 2.85. The molecule has 3 amide bonds. The summed E-state index contributed by atoms with van der Waals surface area (Å²) >= 11 is 0. The second kappa shape index (κ2) is 16.9. The molecule has 0 heterocycles. The van der Waals surface area contributed by atoms with E-state index >= 15 is 0 Å². The first-order valence-electron chi connectivity index (χ1n) is 14.5. The van der Waals surface area contributed by atoms with Crippen LogP contribution in [0.25, 0.3) is 0 Å².